The molecular formula is C18H19N3O3S. The predicted octanol–water partition coefficient (Wildman–Crippen LogP) is 2.62. The minimum absolute atomic E-state index is 0.234. The van der Waals surface area contributed by atoms with Crippen molar-refractivity contribution in [1.82, 2.24) is 5.32 Å². The van der Waals surface area contributed by atoms with Crippen LogP contribution in [0.25, 0.3) is 0 Å². The van der Waals surface area contributed by atoms with Crippen LogP contribution in [-0.2, 0) is 16.4 Å². The van der Waals surface area contributed by atoms with Crippen LogP contribution in [-0.4, -0.2) is 20.6 Å². The maximum absolute atomic E-state index is 12.4. The van der Waals surface area contributed by atoms with Crippen LogP contribution < -0.4 is 10.0 Å². The molecule has 0 radical (unpaired) electrons. The lowest BCUT2D eigenvalue weighted by molar-refractivity contribution is 0.0940. The molecule has 0 saturated carbocycles. The number of sulfonamides is 1. The van der Waals surface area contributed by atoms with Crippen molar-refractivity contribution >= 4 is 21.6 Å². The molecule has 0 saturated heterocycles. The van der Waals surface area contributed by atoms with Crippen molar-refractivity contribution in [2.45, 2.75) is 19.4 Å². The Balaban J connectivity index is 2.20. The van der Waals surface area contributed by atoms with Gasteiger partial charge in [-0.15, -0.1) is 0 Å². The summed E-state index contributed by atoms with van der Waals surface area (Å²) in [5.41, 5.74) is 2.31. The van der Waals surface area contributed by atoms with E-state index in [2.05, 4.69) is 10.0 Å². The second-order valence-electron chi connectivity index (χ2n) is 5.69. The number of hydrogen-bond acceptors (Lipinski definition) is 4. The first-order valence-corrected chi connectivity index (χ1v) is 9.53. The Kier molecular flexibility index (Phi) is 5.78. The number of para-hydroxylation sites is 1. The standard InChI is InChI=1S/C18H19N3O3S/c1-13(16-8-3-4-9-17(16)21-25(2,23)24)20-18(22)15-7-5-6-14(12-15)10-11-19/h3-9,12-13,21H,10H2,1-2H3,(H,20,22). The first-order valence-electron chi connectivity index (χ1n) is 7.63. The van der Waals surface area contributed by atoms with Gasteiger partial charge in [-0.3, -0.25) is 9.52 Å². The minimum Gasteiger partial charge on any atom is -0.345 e. The highest BCUT2D eigenvalue weighted by Crippen LogP contribution is 2.23. The Morgan fingerprint density at radius 2 is 1.92 bits per heavy atom. The van der Waals surface area contributed by atoms with Crippen LogP contribution in [0.2, 0.25) is 0 Å². The Morgan fingerprint density at radius 3 is 2.60 bits per heavy atom. The molecule has 7 heteroatoms. The molecular weight excluding hydrogens is 338 g/mol. The van der Waals surface area contributed by atoms with E-state index in [0.29, 0.717) is 16.8 Å². The van der Waals surface area contributed by atoms with Crippen LogP contribution in [0.4, 0.5) is 5.69 Å². The van der Waals surface area contributed by atoms with Gasteiger partial charge in [-0.1, -0.05) is 30.3 Å². The molecule has 2 rings (SSSR count). The van der Waals surface area contributed by atoms with Gasteiger partial charge in [0.2, 0.25) is 10.0 Å². The molecule has 0 aliphatic heterocycles. The molecule has 0 heterocycles. The molecule has 2 aromatic rings. The highest BCUT2D eigenvalue weighted by atomic mass is 32.2. The van der Waals surface area contributed by atoms with Gasteiger partial charge >= 0.3 is 0 Å². The summed E-state index contributed by atoms with van der Waals surface area (Å²) in [6.07, 6.45) is 1.31. The fourth-order valence-corrected chi connectivity index (χ4v) is 3.02. The van der Waals surface area contributed by atoms with Crippen LogP contribution in [0.1, 0.15) is 34.5 Å². The number of rotatable bonds is 6. The summed E-state index contributed by atoms with van der Waals surface area (Å²) in [4.78, 5) is 12.4. The summed E-state index contributed by atoms with van der Waals surface area (Å²) in [7, 11) is -3.42. The van der Waals surface area contributed by atoms with Gasteiger partial charge in [0.15, 0.2) is 0 Å². The van der Waals surface area contributed by atoms with E-state index < -0.39 is 16.1 Å². The fourth-order valence-electron chi connectivity index (χ4n) is 2.44. The van der Waals surface area contributed by atoms with Crippen molar-refractivity contribution in [2.24, 2.45) is 0 Å². The van der Waals surface area contributed by atoms with Crippen molar-refractivity contribution in [3.63, 3.8) is 0 Å². The number of hydrogen-bond donors (Lipinski definition) is 2. The van der Waals surface area contributed by atoms with Crippen molar-refractivity contribution in [3.05, 3.63) is 65.2 Å². The van der Waals surface area contributed by atoms with E-state index in [1.165, 1.54) is 0 Å². The van der Waals surface area contributed by atoms with Crippen LogP contribution in [0.3, 0.4) is 0 Å². The molecule has 6 nitrogen and oxygen atoms in total. The van der Waals surface area contributed by atoms with E-state index in [9.17, 15) is 13.2 Å². The second-order valence-corrected chi connectivity index (χ2v) is 7.44. The topological polar surface area (TPSA) is 99.1 Å². The van der Waals surface area contributed by atoms with Gasteiger partial charge in [-0.25, -0.2) is 8.42 Å². The van der Waals surface area contributed by atoms with Crippen molar-refractivity contribution in [1.29, 1.82) is 5.26 Å². The largest absolute Gasteiger partial charge is 0.345 e. The molecule has 1 unspecified atom stereocenters. The van der Waals surface area contributed by atoms with Gasteiger partial charge in [-0.05, 0) is 36.2 Å². The number of carbonyl (C=O) groups is 1. The zero-order valence-corrected chi connectivity index (χ0v) is 14.8. The SMILES string of the molecule is CC(NC(=O)c1cccc(CC#N)c1)c1ccccc1NS(C)(=O)=O. The predicted molar refractivity (Wildman–Crippen MR) is 96.5 cm³/mol. The summed E-state index contributed by atoms with van der Waals surface area (Å²) in [5, 5.41) is 11.6. The average Bonchev–Trinajstić information content (AvgIpc) is 2.54. The second kappa shape index (κ2) is 7.81. The summed E-state index contributed by atoms with van der Waals surface area (Å²) in [6.45, 7) is 1.78. The summed E-state index contributed by atoms with van der Waals surface area (Å²) in [6, 6.07) is 15.4. The minimum atomic E-state index is -3.42. The molecule has 0 aliphatic rings. The van der Waals surface area contributed by atoms with E-state index in [-0.39, 0.29) is 12.3 Å². The number of amides is 1. The third-order valence-corrected chi connectivity index (χ3v) is 4.13. The van der Waals surface area contributed by atoms with E-state index >= 15 is 0 Å². The number of nitrogens with zero attached hydrogens (tertiary/aromatic N) is 1. The zero-order valence-electron chi connectivity index (χ0n) is 14.0. The highest BCUT2D eigenvalue weighted by Gasteiger charge is 2.16. The smallest absolute Gasteiger partial charge is 0.251 e. The van der Waals surface area contributed by atoms with Crippen LogP contribution in [0.15, 0.2) is 48.5 Å². The van der Waals surface area contributed by atoms with Gasteiger partial charge in [0, 0.05) is 5.56 Å². The molecule has 0 spiro atoms. The maximum atomic E-state index is 12.4. The first kappa shape index (κ1) is 18.5. The molecule has 0 aromatic heterocycles. The van der Waals surface area contributed by atoms with E-state index in [4.69, 9.17) is 5.26 Å². The number of nitrogens with one attached hydrogen (secondary N) is 2. The Labute approximate surface area is 147 Å². The third kappa shape index (κ3) is 5.33. The van der Waals surface area contributed by atoms with Crippen LogP contribution in [0, 0.1) is 11.3 Å². The zero-order chi connectivity index (χ0) is 18.4. The van der Waals surface area contributed by atoms with E-state index in [0.717, 1.165) is 11.8 Å². The van der Waals surface area contributed by atoms with Gasteiger partial charge in [0.05, 0.1) is 30.5 Å². The molecule has 25 heavy (non-hydrogen) atoms. The normalized spacial score (nSPS) is 12.0. The Bertz CT molecular complexity index is 917. The number of benzene rings is 2. The Morgan fingerprint density at radius 1 is 1.20 bits per heavy atom. The van der Waals surface area contributed by atoms with Gasteiger partial charge in [0.1, 0.15) is 0 Å². The number of anilines is 1. The first-order chi connectivity index (χ1) is 11.8. The van der Waals surface area contributed by atoms with Crippen LogP contribution >= 0.6 is 0 Å². The summed E-state index contributed by atoms with van der Waals surface area (Å²) < 4.78 is 25.4. The molecule has 2 N–H and O–H groups in total. The monoisotopic (exact) mass is 357 g/mol. The number of carbonyl (C=O) groups excluding carboxylic acids is 1. The molecule has 1 atom stereocenters. The van der Waals surface area contributed by atoms with Crippen molar-refractivity contribution < 1.29 is 13.2 Å². The maximum Gasteiger partial charge on any atom is 0.251 e. The third-order valence-electron chi connectivity index (χ3n) is 3.54. The molecule has 2 aromatic carbocycles. The van der Waals surface area contributed by atoms with Gasteiger partial charge in [0.25, 0.3) is 5.91 Å². The molecule has 1 amide bonds. The van der Waals surface area contributed by atoms with Crippen LogP contribution in [0.5, 0.6) is 0 Å². The lowest BCUT2D eigenvalue weighted by atomic mass is 10.0. The van der Waals surface area contributed by atoms with Crippen molar-refractivity contribution in [3.8, 4) is 6.07 Å². The van der Waals surface area contributed by atoms with E-state index in [1.807, 2.05) is 6.07 Å². The molecule has 0 aliphatic carbocycles. The van der Waals surface area contributed by atoms with E-state index in [1.54, 1.807) is 55.5 Å². The number of nitriles is 1. The van der Waals surface area contributed by atoms with Gasteiger partial charge < -0.3 is 5.32 Å². The lowest BCUT2D eigenvalue weighted by Gasteiger charge is -2.18. The fraction of sp³-hybridized carbons (Fsp3) is 0.222. The molecule has 0 fully saturated rings. The van der Waals surface area contributed by atoms with Crippen molar-refractivity contribution in [2.75, 3.05) is 11.0 Å². The quantitative estimate of drug-likeness (QED) is 0.830. The summed E-state index contributed by atoms with van der Waals surface area (Å²) in [5.74, 6) is -0.290. The highest BCUT2D eigenvalue weighted by molar-refractivity contribution is 7.92. The van der Waals surface area contributed by atoms with Gasteiger partial charge in [-0.2, -0.15) is 5.26 Å². The molecule has 130 valence electrons. The molecule has 0 bridgehead atoms. The summed E-state index contributed by atoms with van der Waals surface area (Å²) >= 11 is 0. The average molecular weight is 357 g/mol. The Hall–Kier alpha value is -2.85. The lowest BCUT2D eigenvalue weighted by Crippen LogP contribution is -2.27.